The number of imidazole rings is 1. The van der Waals surface area contributed by atoms with E-state index < -0.39 is 0 Å². The highest BCUT2D eigenvalue weighted by Gasteiger charge is 2.03. The highest BCUT2D eigenvalue weighted by Crippen LogP contribution is 2.15. The molecule has 2 rings (SSSR count). The number of aromatic nitrogens is 2. The summed E-state index contributed by atoms with van der Waals surface area (Å²) in [6.07, 6.45) is 0. The molecule has 2 nitrogen and oxygen atoms in total. The van der Waals surface area contributed by atoms with Crippen molar-refractivity contribution in [2.45, 2.75) is 5.33 Å². The molecule has 12 heavy (non-hydrogen) atoms. The lowest BCUT2D eigenvalue weighted by atomic mass is 10.3. The molecule has 0 unspecified atom stereocenters. The molecule has 1 aromatic heterocycles. The molecular formula is C9H9BrN2. The fraction of sp³-hybridized carbons (Fsp3) is 0.222. The van der Waals surface area contributed by atoms with Crippen molar-refractivity contribution in [3.8, 4) is 0 Å². The number of fused-ring (bicyclic) bond motifs is 1. The third kappa shape index (κ3) is 1.05. The zero-order chi connectivity index (χ0) is 8.55. The van der Waals surface area contributed by atoms with Gasteiger partial charge in [0.25, 0.3) is 0 Å². The number of benzene rings is 1. The van der Waals surface area contributed by atoms with E-state index in [1.807, 2.05) is 25.2 Å². The Morgan fingerprint density at radius 1 is 1.42 bits per heavy atom. The lowest BCUT2D eigenvalue weighted by Crippen LogP contribution is -1.93. The first-order valence-electron chi connectivity index (χ1n) is 3.79. The number of alkyl halides is 1. The van der Waals surface area contributed by atoms with Gasteiger partial charge in [0.15, 0.2) is 0 Å². The molecule has 3 heteroatoms. The standard InChI is InChI=1S/C9H9BrN2/c1-12-8-5-3-2-4-7(8)11-9(12)6-10/h2-5H,6H2,1H3. The van der Waals surface area contributed by atoms with Gasteiger partial charge in [-0.15, -0.1) is 0 Å². The molecule has 0 amide bonds. The molecule has 0 fully saturated rings. The minimum Gasteiger partial charge on any atom is -0.330 e. The fourth-order valence-electron chi connectivity index (χ4n) is 1.31. The first kappa shape index (κ1) is 7.80. The molecule has 0 N–H and O–H groups in total. The Labute approximate surface area is 79.3 Å². The molecule has 2 aromatic rings. The Hall–Kier alpha value is -0.830. The Balaban J connectivity index is 2.78. The van der Waals surface area contributed by atoms with Crippen LogP contribution in [0.1, 0.15) is 5.82 Å². The number of hydrogen-bond donors (Lipinski definition) is 0. The van der Waals surface area contributed by atoms with E-state index in [4.69, 9.17) is 0 Å². The molecule has 0 bridgehead atoms. The van der Waals surface area contributed by atoms with Crippen molar-refractivity contribution in [1.29, 1.82) is 0 Å². The van der Waals surface area contributed by atoms with E-state index in [0.717, 1.165) is 16.7 Å². The van der Waals surface area contributed by atoms with Crippen LogP contribution in [-0.4, -0.2) is 9.55 Å². The van der Waals surface area contributed by atoms with Crippen LogP contribution in [0, 0.1) is 0 Å². The van der Waals surface area contributed by atoms with Gasteiger partial charge in [-0.3, -0.25) is 0 Å². The lowest BCUT2D eigenvalue weighted by molar-refractivity contribution is 0.879. The molecule has 0 saturated carbocycles. The fourth-order valence-corrected chi connectivity index (χ4v) is 1.82. The number of halogens is 1. The average molecular weight is 225 g/mol. The number of hydrogen-bond acceptors (Lipinski definition) is 1. The predicted molar refractivity (Wildman–Crippen MR) is 53.3 cm³/mol. The summed E-state index contributed by atoms with van der Waals surface area (Å²) in [6.45, 7) is 0. The van der Waals surface area contributed by atoms with Crippen molar-refractivity contribution >= 4 is 27.0 Å². The van der Waals surface area contributed by atoms with Gasteiger partial charge in [0, 0.05) is 7.05 Å². The summed E-state index contributed by atoms with van der Waals surface area (Å²) in [6, 6.07) is 8.14. The number of nitrogens with zero attached hydrogens (tertiary/aromatic N) is 2. The third-order valence-electron chi connectivity index (χ3n) is 2.00. The quantitative estimate of drug-likeness (QED) is 0.681. The molecule has 0 spiro atoms. The molecule has 0 aliphatic rings. The Morgan fingerprint density at radius 2 is 2.17 bits per heavy atom. The summed E-state index contributed by atoms with van der Waals surface area (Å²) in [7, 11) is 2.03. The van der Waals surface area contributed by atoms with E-state index in [-0.39, 0.29) is 0 Å². The van der Waals surface area contributed by atoms with Gasteiger partial charge in [0.1, 0.15) is 5.82 Å². The van der Waals surface area contributed by atoms with Crippen LogP contribution >= 0.6 is 15.9 Å². The van der Waals surface area contributed by atoms with E-state index >= 15 is 0 Å². The highest BCUT2D eigenvalue weighted by molar-refractivity contribution is 9.08. The minimum atomic E-state index is 0.804. The second kappa shape index (κ2) is 2.90. The molecule has 0 saturated heterocycles. The van der Waals surface area contributed by atoms with Crippen LogP contribution in [-0.2, 0) is 12.4 Å². The first-order chi connectivity index (χ1) is 5.83. The summed E-state index contributed by atoms with van der Waals surface area (Å²) in [5.41, 5.74) is 2.25. The minimum absolute atomic E-state index is 0.804. The number of aryl methyl sites for hydroxylation is 1. The third-order valence-corrected chi connectivity index (χ3v) is 2.50. The van der Waals surface area contributed by atoms with Crippen LogP contribution < -0.4 is 0 Å². The number of rotatable bonds is 1. The Kier molecular flexibility index (Phi) is 1.89. The first-order valence-corrected chi connectivity index (χ1v) is 4.91. The molecule has 1 heterocycles. The Bertz CT molecular complexity index is 406. The largest absolute Gasteiger partial charge is 0.330 e. The van der Waals surface area contributed by atoms with Crippen molar-refractivity contribution in [2.24, 2.45) is 7.05 Å². The maximum absolute atomic E-state index is 4.45. The molecule has 0 atom stereocenters. The highest BCUT2D eigenvalue weighted by atomic mass is 79.9. The van der Waals surface area contributed by atoms with Gasteiger partial charge >= 0.3 is 0 Å². The molecular weight excluding hydrogens is 216 g/mol. The molecule has 62 valence electrons. The summed E-state index contributed by atoms with van der Waals surface area (Å²) in [5.74, 6) is 1.07. The van der Waals surface area contributed by atoms with Crippen molar-refractivity contribution in [3.05, 3.63) is 30.1 Å². The SMILES string of the molecule is Cn1c(CBr)nc2ccccc21. The van der Waals surface area contributed by atoms with Gasteiger partial charge in [-0.05, 0) is 12.1 Å². The van der Waals surface area contributed by atoms with E-state index in [2.05, 4.69) is 31.5 Å². The van der Waals surface area contributed by atoms with Crippen LogP contribution in [0.5, 0.6) is 0 Å². The van der Waals surface area contributed by atoms with E-state index in [1.54, 1.807) is 0 Å². The zero-order valence-electron chi connectivity index (χ0n) is 6.79. The van der Waals surface area contributed by atoms with Crippen molar-refractivity contribution in [3.63, 3.8) is 0 Å². The summed E-state index contributed by atoms with van der Waals surface area (Å²) >= 11 is 3.40. The van der Waals surface area contributed by atoms with Crippen molar-refractivity contribution in [2.75, 3.05) is 0 Å². The Morgan fingerprint density at radius 3 is 2.83 bits per heavy atom. The normalized spacial score (nSPS) is 10.8. The summed E-state index contributed by atoms with van der Waals surface area (Å²) < 4.78 is 2.10. The predicted octanol–water partition coefficient (Wildman–Crippen LogP) is 2.47. The maximum Gasteiger partial charge on any atom is 0.120 e. The topological polar surface area (TPSA) is 17.8 Å². The molecule has 1 aromatic carbocycles. The van der Waals surface area contributed by atoms with Gasteiger partial charge in [-0.25, -0.2) is 4.98 Å². The zero-order valence-corrected chi connectivity index (χ0v) is 8.37. The smallest absolute Gasteiger partial charge is 0.120 e. The van der Waals surface area contributed by atoms with Crippen molar-refractivity contribution in [1.82, 2.24) is 9.55 Å². The van der Waals surface area contributed by atoms with Crippen LogP contribution in [0.3, 0.4) is 0 Å². The van der Waals surface area contributed by atoms with Crippen LogP contribution in [0.4, 0.5) is 0 Å². The van der Waals surface area contributed by atoms with Crippen LogP contribution in [0.15, 0.2) is 24.3 Å². The van der Waals surface area contributed by atoms with Gasteiger partial charge in [-0.2, -0.15) is 0 Å². The van der Waals surface area contributed by atoms with E-state index in [0.29, 0.717) is 0 Å². The second-order valence-electron chi connectivity index (χ2n) is 2.71. The summed E-state index contributed by atoms with van der Waals surface area (Å²) in [4.78, 5) is 4.45. The monoisotopic (exact) mass is 224 g/mol. The number of para-hydroxylation sites is 2. The van der Waals surface area contributed by atoms with Crippen LogP contribution in [0.2, 0.25) is 0 Å². The average Bonchev–Trinajstić information content (AvgIpc) is 2.44. The van der Waals surface area contributed by atoms with E-state index in [9.17, 15) is 0 Å². The van der Waals surface area contributed by atoms with E-state index in [1.165, 1.54) is 5.52 Å². The van der Waals surface area contributed by atoms with Crippen LogP contribution in [0.25, 0.3) is 11.0 Å². The maximum atomic E-state index is 4.45. The lowest BCUT2D eigenvalue weighted by Gasteiger charge is -1.95. The van der Waals surface area contributed by atoms with Gasteiger partial charge in [-0.1, -0.05) is 28.1 Å². The van der Waals surface area contributed by atoms with Gasteiger partial charge < -0.3 is 4.57 Å². The second-order valence-corrected chi connectivity index (χ2v) is 3.27. The summed E-state index contributed by atoms with van der Waals surface area (Å²) in [5, 5.41) is 0.804. The van der Waals surface area contributed by atoms with Gasteiger partial charge in [0.05, 0.1) is 16.4 Å². The molecule has 0 aliphatic carbocycles. The van der Waals surface area contributed by atoms with Gasteiger partial charge in [0.2, 0.25) is 0 Å². The van der Waals surface area contributed by atoms with Crippen molar-refractivity contribution < 1.29 is 0 Å². The molecule has 0 radical (unpaired) electrons. The molecule has 0 aliphatic heterocycles.